The molecule has 0 bridgehead atoms. The highest BCUT2D eigenvalue weighted by Crippen LogP contribution is 2.27. The molecule has 0 saturated carbocycles. The molecule has 1 unspecified atom stereocenters. The Morgan fingerprint density at radius 3 is 2.53 bits per heavy atom. The second-order valence-electron chi connectivity index (χ2n) is 4.34. The minimum absolute atomic E-state index is 0.0475. The molecule has 1 atom stereocenters. The average Bonchev–Trinajstić information content (AvgIpc) is 2.41. The number of halogens is 3. The molecule has 0 radical (unpaired) electrons. The van der Waals surface area contributed by atoms with Crippen LogP contribution in [-0.4, -0.2) is 7.05 Å². The van der Waals surface area contributed by atoms with Gasteiger partial charge in [0.05, 0.1) is 0 Å². The van der Waals surface area contributed by atoms with Gasteiger partial charge in [0.2, 0.25) is 0 Å². The zero-order valence-corrected chi connectivity index (χ0v) is 12.8. The van der Waals surface area contributed by atoms with Crippen molar-refractivity contribution in [3.63, 3.8) is 0 Å². The van der Waals surface area contributed by atoms with Gasteiger partial charge in [-0.3, -0.25) is 0 Å². The van der Waals surface area contributed by atoms with Crippen LogP contribution >= 0.6 is 27.5 Å². The minimum atomic E-state index is -0.227. The van der Waals surface area contributed by atoms with Crippen molar-refractivity contribution in [2.75, 3.05) is 7.05 Å². The van der Waals surface area contributed by atoms with Crippen molar-refractivity contribution in [3.8, 4) is 0 Å². The van der Waals surface area contributed by atoms with Gasteiger partial charge in [-0.05, 0) is 54.9 Å². The van der Waals surface area contributed by atoms with E-state index in [-0.39, 0.29) is 11.9 Å². The molecule has 2 aromatic rings. The summed E-state index contributed by atoms with van der Waals surface area (Å²) in [5.41, 5.74) is 2.07. The Bertz CT molecular complexity index is 557. The van der Waals surface area contributed by atoms with Gasteiger partial charge in [-0.15, -0.1) is 0 Å². The van der Waals surface area contributed by atoms with Crippen molar-refractivity contribution in [1.82, 2.24) is 5.32 Å². The van der Waals surface area contributed by atoms with E-state index < -0.39 is 0 Å². The molecule has 1 N–H and O–H groups in total. The standard InChI is InChI=1S/C15H14BrClFN/c1-19-15(8-10-2-4-11(17)5-3-10)13-9-12(18)6-7-14(13)16/h2-7,9,15,19H,8H2,1H3. The summed E-state index contributed by atoms with van der Waals surface area (Å²) >= 11 is 9.34. The first-order valence-electron chi connectivity index (χ1n) is 5.97. The van der Waals surface area contributed by atoms with Crippen molar-refractivity contribution in [2.45, 2.75) is 12.5 Å². The predicted molar refractivity (Wildman–Crippen MR) is 81.1 cm³/mol. The van der Waals surface area contributed by atoms with Crippen molar-refractivity contribution in [1.29, 1.82) is 0 Å². The quantitative estimate of drug-likeness (QED) is 0.846. The Hall–Kier alpha value is -0.900. The number of likely N-dealkylation sites (N-methyl/N-ethyl adjacent to an activating group) is 1. The minimum Gasteiger partial charge on any atom is -0.313 e. The van der Waals surface area contributed by atoms with E-state index in [4.69, 9.17) is 11.6 Å². The largest absolute Gasteiger partial charge is 0.313 e. The topological polar surface area (TPSA) is 12.0 Å². The van der Waals surface area contributed by atoms with E-state index in [1.54, 1.807) is 12.1 Å². The smallest absolute Gasteiger partial charge is 0.123 e. The third kappa shape index (κ3) is 3.78. The van der Waals surface area contributed by atoms with Gasteiger partial charge < -0.3 is 5.32 Å². The number of hydrogen-bond donors (Lipinski definition) is 1. The number of rotatable bonds is 4. The first-order chi connectivity index (χ1) is 9.10. The lowest BCUT2D eigenvalue weighted by molar-refractivity contribution is 0.575. The lowest BCUT2D eigenvalue weighted by Gasteiger charge is -2.18. The average molecular weight is 343 g/mol. The summed E-state index contributed by atoms with van der Waals surface area (Å²) in [5.74, 6) is -0.227. The highest BCUT2D eigenvalue weighted by molar-refractivity contribution is 9.10. The Morgan fingerprint density at radius 2 is 1.89 bits per heavy atom. The van der Waals surface area contributed by atoms with E-state index in [2.05, 4.69) is 21.2 Å². The van der Waals surface area contributed by atoms with Crippen LogP contribution in [0.3, 0.4) is 0 Å². The van der Waals surface area contributed by atoms with Crippen LogP contribution in [0, 0.1) is 5.82 Å². The van der Waals surface area contributed by atoms with E-state index in [9.17, 15) is 4.39 Å². The molecule has 0 aromatic heterocycles. The zero-order valence-electron chi connectivity index (χ0n) is 10.5. The molecule has 0 fully saturated rings. The van der Waals surface area contributed by atoms with Crippen molar-refractivity contribution in [3.05, 3.63) is 68.9 Å². The maximum Gasteiger partial charge on any atom is 0.123 e. The fourth-order valence-electron chi connectivity index (χ4n) is 2.01. The molecule has 0 amide bonds. The lowest BCUT2D eigenvalue weighted by Crippen LogP contribution is -2.19. The van der Waals surface area contributed by atoms with E-state index in [0.29, 0.717) is 0 Å². The summed E-state index contributed by atoms with van der Waals surface area (Å²) in [7, 11) is 1.87. The van der Waals surface area contributed by atoms with Crippen LogP contribution in [0.25, 0.3) is 0 Å². The fourth-order valence-corrected chi connectivity index (χ4v) is 2.65. The van der Waals surface area contributed by atoms with E-state index in [0.717, 1.165) is 27.0 Å². The maximum absolute atomic E-state index is 13.4. The van der Waals surface area contributed by atoms with Gasteiger partial charge in [0.1, 0.15) is 5.82 Å². The summed E-state index contributed by atoms with van der Waals surface area (Å²) in [6.45, 7) is 0. The van der Waals surface area contributed by atoms with Crippen LogP contribution in [0.5, 0.6) is 0 Å². The highest BCUT2D eigenvalue weighted by atomic mass is 79.9. The Labute approximate surface area is 125 Å². The molecule has 100 valence electrons. The molecular formula is C15H14BrClFN. The summed E-state index contributed by atoms with van der Waals surface area (Å²) in [4.78, 5) is 0. The molecule has 0 aliphatic carbocycles. The third-order valence-corrected chi connectivity index (χ3v) is 4.01. The molecule has 0 heterocycles. The van der Waals surface area contributed by atoms with Crippen molar-refractivity contribution in [2.24, 2.45) is 0 Å². The van der Waals surface area contributed by atoms with Gasteiger partial charge in [-0.2, -0.15) is 0 Å². The summed E-state index contributed by atoms with van der Waals surface area (Å²) in [6.07, 6.45) is 0.774. The van der Waals surface area contributed by atoms with Crippen LogP contribution in [0.1, 0.15) is 17.2 Å². The monoisotopic (exact) mass is 341 g/mol. The van der Waals surface area contributed by atoms with Gasteiger partial charge >= 0.3 is 0 Å². The van der Waals surface area contributed by atoms with Crippen molar-refractivity contribution >= 4 is 27.5 Å². The number of nitrogens with one attached hydrogen (secondary N) is 1. The van der Waals surface area contributed by atoms with Crippen LogP contribution in [0.2, 0.25) is 5.02 Å². The SMILES string of the molecule is CNC(Cc1ccc(Cl)cc1)c1cc(F)ccc1Br. The van der Waals surface area contributed by atoms with Gasteiger partial charge in [-0.25, -0.2) is 4.39 Å². The van der Waals surface area contributed by atoms with Crippen LogP contribution in [-0.2, 0) is 6.42 Å². The molecule has 2 rings (SSSR count). The van der Waals surface area contributed by atoms with E-state index in [1.165, 1.54) is 6.07 Å². The third-order valence-electron chi connectivity index (χ3n) is 3.04. The van der Waals surface area contributed by atoms with Crippen molar-refractivity contribution < 1.29 is 4.39 Å². The van der Waals surface area contributed by atoms with Crippen LogP contribution in [0.15, 0.2) is 46.9 Å². The van der Waals surface area contributed by atoms with Crippen LogP contribution in [0.4, 0.5) is 4.39 Å². The summed E-state index contributed by atoms with van der Waals surface area (Å²) in [5, 5.41) is 3.94. The lowest BCUT2D eigenvalue weighted by atomic mass is 9.99. The van der Waals surface area contributed by atoms with E-state index >= 15 is 0 Å². The van der Waals surface area contributed by atoms with Gasteiger partial charge in [0.15, 0.2) is 0 Å². The Morgan fingerprint density at radius 1 is 1.21 bits per heavy atom. The summed E-state index contributed by atoms with van der Waals surface area (Å²) in [6, 6.07) is 12.5. The predicted octanol–water partition coefficient (Wildman–Crippen LogP) is 4.74. The van der Waals surface area contributed by atoms with E-state index in [1.807, 2.05) is 31.3 Å². The number of benzene rings is 2. The van der Waals surface area contributed by atoms with Crippen LogP contribution < -0.4 is 5.32 Å². The Balaban J connectivity index is 2.24. The molecular weight excluding hydrogens is 329 g/mol. The second kappa shape index (κ2) is 6.51. The molecule has 2 aromatic carbocycles. The summed E-state index contributed by atoms with van der Waals surface area (Å²) < 4.78 is 14.3. The molecule has 4 heteroatoms. The maximum atomic E-state index is 13.4. The Kier molecular flexibility index (Phi) is 4.97. The fraction of sp³-hybridized carbons (Fsp3) is 0.200. The first kappa shape index (κ1) is 14.5. The molecule has 0 spiro atoms. The normalized spacial score (nSPS) is 12.4. The molecule has 19 heavy (non-hydrogen) atoms. The zero-order chi connectivity index (χ0) is 13.8. The first-order valence-corrected chi connectivity index (χ1v) is 7.14. The molecule has 0 saturated heterocycles. The molecule has 0 aliphatic heterocycles. The highest BCUT2D eigenvalue weighted by Gasteiger charge is 2.14. The van der Waals surface area contributed by atoms with Gasteiger partial charge in [0, 0.05) is 15.5 Å². The molecule has 0 aliphatic rings. The number of hydrogen-bond acceptors (Lipinski definition) is 1. The van der Waals surface area contributed by atoms with Gasteiger partial charge in [-0.1, -0.05) is 39.7 Å². The second-order valence-corrected chi connectivity index (χ2v) is 5.63. The van der Waals surface area contributed by atoms with Gasteiger partial charge in [0.25, 0.3) is 0 Å². The molecule has 1 nitrogen and oxygen atoms in total.